The van der Waals surface area contributed by atoms with Crippen LogP contribution in [0, 0.1) is 6.92 Å². The highest BCUT2D eigenvalue weighted by Crippen LogP contribution is 2.30. The van der Waals surface area contributed by atoms with Crippen LogP contribution in [0.5, 0.6) is 0 Å². The zero-order valence-electron chi connectivity index (χ0n) is 16.1. The molecule has 3 aromatic rings. The molecule has 4 heteroatoms. The quantitative estimate of drug-likeness (QED) is 0.778. The second-order valence-corrected chi connectivity index (χ2v) is 7.87. The summed E-state index contributed by atoms with van der Waals surface area (Å²) in [7, 11) is 0. The highest BCUT2D eigenvalue weighted by Gasteiger charge is 2.33. The predicted octanol–water partition coefficient (Wildman–Crippen LogP) is 3.57. The fourth-order valence-electron chi connectivity index (χ4n) is 4.04. The number of hydrogen-bond acceptors (Lipinski definition) is 3. The van der Waals surface area contributed by atoms with Gasteiger partial charge in [-0.1, -0.05) is 74.5 Å². The van der Waals surface area contributed by atoms with Crippen LogP contribution in [0.1, 0.15) is 48.1 Å². The molecule has 4 nitrogen and oxygen atoms in total. The van der Waals surface area contributed by atoms with Gasteiger partial charge in [0.05, 0.1) is 17.3 Å². The standard InChI is InChI=1S/C23H25N3O/c1-16-25-21-19(14-24-15-23(21,2)3)22(27)26(16)20(17-10-6-4-7-11-17)18-12-8-5-9-13-18/h4-13,20,24H,14-15H2,1-3H3. The summed E-state index contributed by atoms with van der Waals surface area (Å²) in [5.41, 5.74) is 3.78. The molecule has 2 heterocycles. The third-order valence-corrected chi connectivity index (χ3v) is 5.38. The second kappa shape index (κ2) is 6.78. The smallest absolute Gasteiger partial charge is 0.259 e. The fraction of sp³-hybridized carbons (Fsp3) is 0.304. The first-order chi connectivity index (χ1) is 13.0. The summed E-state index contributed by atoms with van der Waals surface area (Å²) in [6.07, 6.45) is 0. The minimum atomic E-state index is -0.192. The van der Waals surface area contributed by atoms with Gasteiger partial charge in [0, 0.05) is 18.5 Å². The first kappa shape index (κ1) is 17.7. The third kappa shape index (κ3) is 3.10. The van der Waals surface area contributed by atoms with Gasteiger partial charge in [0.1, 0.15) is 5.82 Å². The molecule has 0 unspecified atom stereocenters. The van der Waals surface area contributed by atoms with Gasteiger partial charge in [-0.3, -0.25) is 9.36 Å². The van der Waals surface area contributed by atoms with E-state index in [4.69, 9.17) is 4.98 Å². The van der Waals surface area contributed by atoms with Gasteiger partial charge in [-0.05, 0) is 18.1 Å². The molecule has 1 aliphatic rings. The molecule has 1 aliphatic heterocycles. The van der Waals surface area contributed by atoms with Crippen molar-refractivity contribution in [1.82, 2.24) is 14.9 Å². The number of aryl methyl sites for hydroxylation is 1. The molecule has 1 aromatic heterocycles. The fourth-order valence-corrected chi connectivity index (χ4v) is 4.04. The zero-order valence-corrected chi connectivity index (χ0v) is 16.1. The number of nitrogens with zero attached hydrogens (tertiary/aromatic N) is 2. The molecule has 138 valence electrons. The van der Waals surface area contributed by atoms with Crippen LogP contribution in [-0.4, -0.2) is 16.1 Å². The van der Waals surface area contributed by atoms with Gasteiger partial charge in [0.25, 0.3) is 5.56 Å². The van der Waals surface area contributed by atoms with E-state index in [0.717, 1.165) is 34.8 Å². The molecule has 27 heavy (non-hydrogen) atoms. The largest absolute Gasteiger partial charge is 0.311 e. The number of fused-ring (bicyclic) bond motifs is 1. The molecule has 0 spiro atoms. The Morgan fingerprint density at radius 1 is 1.00 bits per heavy atom. The Morgan fingerprint density at radius 2 is 1.56 bits per heavy atom. The lowest BCUT2D eigenvalue weighted by Crippen LogP contribution is -2.45. The van der Waals surface area contributed by atoms with Crippen LogP contribution < -0.4 is 10.9 Å². The van der Waals surface area contributed by atoms with Crippen molar-refractivity contribution in [2.24, 2.45) is 0 Å². The molecule has 1 N–H and O–H groups in total. The van der Waals surface area contributed by atoms with Crippen molar-refractivity contribution in [3.8, 4) is 0 Å². The van der Waals surface area contributed by atoms with Gasteiger partial charge in [0.2, 0.25) is 0 Å². The van der Waals surface area contributed by atoms with Crippen LogP contribution >= 0.6 is 0 Å². The summed E-state index contributed by atoms with van der Waals surface area (Å²) in [4.78, 5) is 18.5. The molecule has 0 amide bonds. The van der Waals surface area contributed by atoms with Crippen molar-refractivity contribution < 1.29 is 0 Å². The SMILES string of the molecule is Cc1nc2c(c(=O)n1C(c1ccccc1)c1ccccc1)CNCC2(C)C. The molecule has 0 saturated heterocycles. The second-order valence-electron chi connectivity index (χ2n) is 7.87. The van der Waals surface area contributed by atoms with Crippen LogP contribution in [0.25, 0.3) is 0 Å². The topological polar surface area (TPSA) is 46.9 Å². The van der Waals surface area contributed by atoms with E-state index >= 15 is 0 Å². The summed E-state index contributed by atoms with van der Waals surface area (Å²) >= 11 is 0. The number of aromatic nitrogens is 2. The van der Waals surface area contributed by atoms with Crippen molar-refractivity contribution in [2.45, 2.75) is 38.8 Å². The van der Waals surface area contributed by atoms with E-state index in [1.807, 2.05) is 47.9 Å². The average Bonchev–Trinajstić information content (AvgIpc) is 2.67. The molecule has 2 aromatic carbocycles. The van der Waals surface area contributed by atoms with Crippen molar-refractivity contribution in [3.63, 3.8) is 0 Å². The van der Waals surface area contributed by atoms with E-state index in [0.29, 0.717) is 6.54 Å². The van der Waals surface area contributed by atoms with Crippen LogP contribution in [-0.2, 0) is 12.0 Å². The maximum absolute atomic E-state index is 13.6. The normalized spacial score (nSPS) is 15.6. The summed E-state index contributed by atoms with van der Waals surface area (Å²) in [5.74, 6) is 0.756. The van der Waals surface area contributed by atoms with E-state index in [2.05, 4.69) is 43.4 Å². The van der Waals surface area contributed by atoms with Crippen molar-refractivity contribution in [2.75, 3.05) is 6.54 Å². The third-order valence-electron chi connectivity index (χ3n) is 5.38. The number of rotatable bonds is 3. The Morgan fingerprint density at radius 3 is 2.11 bits per heavy atom. The maximum atomic E-state index is 13.6. The predicted molar refractivity (Wildman–Crippen MR) is 108 cm³/mol. The lowest BCUT2D eigenvalue weighted by Gasteiger charge is -2.33. The average molecular weight is 359 g/mol. The molecular formula is C23H25N3O. The molecule has 0 fully saturated rings. The van der Waals surface area contributed by atoms with Gasteiger partial charge >= 0.3 is 0 Å². The highest BCUT2D eigenvalue weighted by molar-refractivity contribution is 5.36. The number of nitrogens with one attached hydrogen (secondary N) is 1. The van der Waals surface area contributed by atoms with Crippen molar-refractivity contribution in [3.05, 3.63) is 99.2 Å². The van der Waals surface area contributed by atoms with Crippen LogP contribution in [0.2, 0.25) is 0 Å². The molecule has 0 aliphatic carbocycles. The van der Waals surface area contributed by atoms with Gasteiger partial charge in [-0.25, -0.2) is 4.98 Å². The minimum Gasteiger partial charge on any atom is -0.311 e. The zero-order chi connectivity index (χ0) is 19.0. The van der Waals surface area contributed by atoms with Crippen LogP contribution in [0.4, 0.5) is 0 Å². The van der Waals surface area contributed by atoms with Gasteiger partial charge in [-0.2, -0.15) is 0 Å². The highest BCUT2D eigenvalue weighted by atomic mass is 16.1. The van der Waals surface area contributed by atoms with Crippen molar-refractivity contribution >= 4 is 0 Å². The Hall–Kier alpha value is -2.72. The van der Waals surface area contributed by atoms with E-state index < -0.39 is 0 Å². The Bertz CT molecular complexity index is 968. The summed E-state index contributed by atoms with van der Waals surface area (Å²) in [5, 5.41) is 3.38. The number of hydrogen-bond donors (Lipinski definition) is 1. The van der Waals surface area contributed by atoms with Crippen molar-refractivity contribution in [1.29, 1.82) is 0 Å². The molecule has 0 radical (unpaired) electrons. The van der Waals surface area contributed by atoms with E-state index in [1.54, 1.807) is 0 Å². The monoisotopic (exact) mass is 359 g/mol. The summed E-state index contributed by atoms with van der Waals surface area (Å²) in [6, 6.07) is 20.2. The molecule has 0 bridgehead atoms. The van der Waals surface area contributed by atoms with E-state index in [9.17, 15) is 4.79 Å². The molecule has 0 saturated carbocycles. The maximum Gasteiger partial charge on any atom is 0.259 e. The summed E-state index contributed by atoms with van der Waals surface area (Å²) < 4.78 is 1.85. The molecular weight excluding hydrogens is 334 g/mol. The van der Waals surface area contributed by atoms with Crippen LogP contribution in [0.3, 0.4) is 0 Å². The Balaban J connectivity index is 1.98. The lowest BCUT2D eigenvalue weighted by molar-refractivity contribution is 0.408. The lowest BCUT2D eigenvalue weighted by atomic mass is 9.83. The number of benzene rings is 2. The van der Waals surface area contributed by atoms with E-state index in [1.165, 1.54) is 0 Å². The van der Waals surface area contributed by atoms with Gasteiger partial charge in [-0.15, -0.1) is 0 Å². The van der Waals surface area contributed by atoms with Crippen LogP contribution in [0.15, 0.2) is 65.5 Å². The Kier molecular flexibility index (Phi) is 4.44. The van der Waals surface area contributed by atoms with Gasteiger partial charge in [0.15, 0.2) is 0 Å². The minimum absolute atomic E-state index is 0.0514. The molecule has 4 rings (SSSR count). The Labute approximate surface area is 159 Å². The first-order valence-electron chi connectivity index (χ1n) is 9.42. The summed E-state index contributed by atoms with van der Waals surface area (Å²) in [6.45, 7) is 7.62. The van der Waals surface area contributed by atoms with E-state index in [-0.39, 0.29) is 17.0 Å². The molecule has 0 atom stereocenters. The first-order valence-corrected chi connectivity index (χ1v) is 9.42. The van der Waals surface area contributed by atoms with Gasteiger partial charge < -0.3 is 5.32 Å².